The van der Waals surface area contributed by atoms with Gasteiger partial charge in [0.1, 0.15) is 6.23 Å². The van der Waals surface area contributed by atoms with Gasteiger partial charge in [-0.3, -0.25) is 9.69 Å². The Hall–Kier alpha value is -2.12. The largest absolute Gasteiger partial charge is 0.453 e. The summed E-state index contributed by atoms with van der Waals surface area (Å²) in [4.78, 5) is 27.7. The Morgan fingerprint density at radius 1 is 1.23 bits per heavy atom. The van der Waals surface area contributed by atoms with Gasteiger partial charge in [0.2, 0.25) is 5.91 Å². The molecule has 1 spiro atoms. The summed E-state index contributed by atoms with van der Waals surface area (Å²) in [7, 11) is 1.37. The molecule has 0 aromatic heterocycles. The summed E-state index contributed by atoms with van der Waals surface area (Å²) in [5.41, 5.74) is 4.42. The number of carbonyl (C=O) groups excluding carboxylic acids is 2. The van der Waals surface area contributed by atoms with E-state index in [1.165, 1.54) is 23.8 Å². The lowest BCUT2D eigenvalue weighted by atomic mass is 9.64. The monoisotopic (exact) mass is 414 g/mol. The van der Waals surface area contributed by atoms with E-state index in [9.17, 15) is 9.59 Å². The van der Waals surface area contributed by atoms with Crippen LogP contribution >= 0.6 is 0 Å². The van der Waals surface area contributed by atoms with Crippen molar-refractivity contribution in [3.05, 3.63) is 28.3 Å². The molecule has 5 rings (SSSR count). The van der Waals surface area contributed by atoms with Gasteiger partial charge in [-0.05, 0) is 62.9 Å². The first-order valence-electron chi connectivity index (χ1n) is 10.7. The average Bonchev–Trinajstić information content (AvgIpc) is 3.27. The summed E-state index contributed by atoms with van der Waals surface area (Å²) in [6, 6.07) is 1.91. The van der Waals surface area contributed by atoms with Gasteiger partial charge in [-0.1, -0.05) is 0 Å². The summed E-state index contributed by atoms with van der Waals surface area (Å²) in [5, 5.41) is 2.98. The Labute approximate surface area is 177 Å². The van der Waals surface area contributed by atoms with Crippen LogP contribution in [0.2, 0.25) is 0 Å². The molecule has 1 N–H and O–H groups in total. The lowest BCUT2D eigenvalue weighted by Gasteiger charge is -2.45. The standard InChI is InChI=1S/C23H30N2O5/c1-11-9-15(14(4)13(3)12(11)2)25-19(26)17-18-20(25)29-8-7-23(18)16(24-21(27)28-6)10-22(17,5)30-23/h9,16-18,20H,7-8,10H2,1-6H3,(H,24,27)/t16-,17+,18-,20-,22+,23-/m0/s1. The zero-order chi connectivity index (χ0) is 21.6. The van der Waals surface area contributed by atoms with Crippen molar-refractivity contribution < 1.29 is 23.8 Å². The third-order valence-corrected chi connectivity index (χ3v) is 8.24. The normalized spacial score (nSPS) is 38.7. The van der Waals surface area contributed by atoms with Crippen LogP contribution < -0.4 is 10.2 Å². The molecule has 2 bridgehead atoms. The third-order valence-electron chi connectivity index (χ3n) is 8.24. The topological polar surface area (TPSA) is 77.1 Å². The van der Waals surface area contributed by atoms with Gasteiger partial charge >= 0.3 is 6.09 Å². The molecule has 4 aliphatic heterocycles. The van der Waals surface area contributed by atoms with Crippen LogP contribution in [0.5, 0.6) is 0 Å². The number of nitrogens with zero attached hydrogens (tertiary/aromatic N) is 1. The highest BCUT2D eigenvalue weighted by Gasteiger charge is 2.78. The van der Waals surface area contributed by atoms with Crippen LogP contribution in [-0.2, 0) is 19.0 Å². The first kappa shape index (κ1) is 19.8. The number of carbonyl (C=O) groups is 2. The van der Waals surface area contributed by atoms with Crippen molar-refractivity contribution in [3.8, 4) is 0 Å². The highest BCUT2D eigenvalue weighted by Crippen LogP contribution is 2.65. The van der Waals surface area contributed by atoms with Crippen LogP contribution in [0, 0.1) is 39.5 Å². The first-order chi connectivity index (χ1) is 14.1. The van der Waals surface area contributed by atoms with E-state index in [1.54, 1.807) is 0 Å². The molecule has 7 nitrogen and oxygen atoms in total. The minimum atomic E-state index is -0.628. The minimum absolute atomic E-state index is 0.0681. The zero-order valence-corrected chi connectivity index (χ0v) is 18.5. The molecule has 0 saturated carbocycles. The molecule has 0 unspecified atom stereocenters. The maximum Gasteiger partial charge on any atom is 0.407 e. The summed E-state index contributed by atoms with van der Waals surface area (Å²) < 4.78 is 17.7. The average molecular weight is 415 g/mol. The summed E-state index contributed by atoms with van der Waals surface area (Å²) in [6.07, 6.45) is 0.401. The second kappa shape index (κ2) is 6.20. The predicted molar refractivity (Wildman–Crippen MR) is 110 cm³/mol. The number of nitrogens with one attached hydrogen (secondary N) is 1. The molecule has 30 heavy (non-hydrogen) atoms. The number of methoxy groups -OCH3 is 1. The number of amides is 2. The van der Waals surface area contributed by atoms with E-state index in [4.69, 9.17) is 14.2 Å². The molecule has 0 aliphatic carbocycles. The number of anilines is 1. The van der Waals surface area contributed by atoms with E-state index in [1.807, 2.05) is 11.8 Å². The first-order valence-corrected chi connectivity index (χ1v) is 10.7. The van der Waals surface area contributed by atoms with Crippen LogP contribution in [-0.4, -0.2) is 49.2 Å². The fourth-order valence-electron chi connectivity index (χ4n) is 6.51. The van der Waals surface area contributed by atoms with E-state index >= 15 is 0 Å². The minimum Gasteiger partial charge on any atom is -0.453 e. The van der Waals surface area contributed by atoms with E-state index < -0.39 is 17.3 Å². The van der Waals surface area contributed by atoms with Gasteiger partial charge in [-0.2, -0.15) is 0 Å². The van der Waals surface area contributed by atoms with Crippen LogP contribution in [0.3, 0.4) is 0 Å². The van der Waals surface area contributed by atoms with Gasteiger partial charge in [0.15, 0.2) is 0 Å². The van der Waals surface area contributed by atoms with E-state index in [0.717, 1.165) is 11.3 Å². The summed E-state index contributed by atoms with van der Waals surface area (Å²) in [6.45, 7) is 10.9. The van der Waals surface area contributed by atoms with Crippen molar-refractivity contribution in [2.75, 3.05) is 18.6 Å². The maximum atomic E-state index is 13.8. The highest BCUT2D eigenvalue weighted by molar-refractivity contribution is 6.00. The maximum absolute atomic E-state index is 13.8. The number of alkyl carbamates (subject to hydrolysis) is 1. The fraction of sp³-hybridized carbons (Fsp3) is 0.652. The van der Waals surface area contributed by atoms with Crippen molar-refractivity contribution in [1.29, 1.82) is 0 Å². The third kappa shape index (κ3) is 2.28. The molecule has 7 heteroatoms. The number of benzene rings is 1. The molecule has 162 valence electrons. The van der Waals surface area contributed by atoms with Crippen LogP contribution in [0.25, 0.3) is 0 Å². The number of ether oxygens (including phenoxy) is 3. The molecule has 4 heterocycles. The molecule has 6 atom stereocenters. The van der Waals surface area contributed by atoms with E-state index in [-0.39, 0.29) is 30.0 Å². The Bertz CT molecular complexity index is 961. The molecule has 4 saturated heterocycles. The fourth-order valence-corrected chi connectivity index (χ4v) is 6.51. The molecular formula is C23H30N2O5. The Kier molecular flexibility index (Phi) is 4.10. The number of hydrogen-bond donors (Lipinski definition) is 1. The van der Waals surface area contributed by atoms with Crippen LogP contribution in [0.1, 0.15) is 42.0 Å². The highest BCUT2D eigenvalue weighted by atomic mass is 16.6. The molecule has 4 aliphatic rings. The van der Waals surface area contributed by atoms with E-state index in [2.05, 4.69) is 39.1 Å². The van der Waals surface area contributed by atoms with Gasteiger partial charge in [0.05, 0.1) is 42.8 Å². The second-order valence-corrected chi connectivity index (χ2v) is 9.57. The molecule has 1 aromatic carbocycles. The van der Waals surface area contributed by atoms with Crippen molar-refractivity contribution in [1.82, 2.24) is 5.32 Å². The van der Waals surface area contributed by atoms with Gasteiger partial charge in [-0.15, -0.1) is 0 Å². The van der Waals surface area contributed by atoms with E-state index in [0.29, 0.717) is 19.4 Å². The Morgan fingerprint density at radius 3 is 2.67 bits per heavy atom. The quantitative estimate of drug-likeness (QED) is 0.805. The SMILES string of the molecule is COC(=O)N[C@H]1C[C@@]2(C)O[C@@]13CCO[C@H]1[C@@H]3[C@@H]2C(=O)N1c1cc(C)c(C)c(C)c1C. The summed E-state index contributed by atoms with van der Waals surface area (Å²) in [5.74, 6) is -0.334. The van der Waals surface area contributed by atoms with Gasteiger partial charge in [-0.25, -0.2) is 4.79 Å². The van der Waals surface area contributed by atoms with Crippen molar-refractivity contribution in [2.45, 2.75) is 70.9 Å². The number of fused-ring (bicyclic) bond motifs is 2. The Morgan fingerprint density at radius 2 is 1.97 bits per heavy atom. The molecular weight excluding hydrogens is 384 g/mol. The smallest absolute Gasteiger partial charge is 0.407 e. The van der Waals surface area contributed by atoms with Gasteiger partial charge < -0.3 is 19.5 Å². The van der Waals surface area contributed by atoms with Gasteiger partial charge in [0.25, 0.3) is 0 Å². The van der Waals surface area contributed by atoms with Crippen LogP contribution in [0.15, 0.2) is 6.07 Å². The Balaban J connectivity index is 1.60. The van der Waals surface area contributed by atoms with Crippen LogP contribution in [0.4, 0.5) is 10.5 Å². The molecule has 2 amide bonds. The van der Waals surface area contributed by atoms with Crippen molar-refractivity contribution in [2.24, 2.45) is 11.8 Å². The molecule has 4 fully saturated rings. The van der Waals surface area contributed by atoms with Gasteiger partial charge in [0, 0.05) is 18.5 Å². The zero-order valence-electron chi connectivity index (χ0n) is 18.5. The predicted octanol–water partition coefficient (Wildman–Crippen LogP) is 2.90. The lowest BCUT2D eigenvalue weighted by Crippen LogP contribution is -2.61. The van der Waals surface area contributed by atoms with Crippen molar-refractivity contribution >= 4 is 17.7 Å². The van der Waals surface area contributed by atoms with Crippen molar-refractivity contribution in [3.63, 3.8) is 0 Å². The molecule has 1 aromatic rings. The lowest BCUT2D eigenvalue weighted by molar-refractivity contribution is -0.143. The number of hydrogen-bond acceptors (Lipinski definition) is 5. The molecule has 0 radical (unpaired) electrons. The number of rotatable bonds is 2. The number of aryl methyl sites for hydroxylation is 1. The second-order valence-electron chi connectivity index (χ2n) is 9.57. The summed E-state index contributed by atoms with van der Waals surface area (Å²) >= 11 is 0.